The van der Waals surface area contributed by atoms with Crippen LogP contribution in [0.25, 0.3) is 0 Å². The third-order valence-electron chi connectivity index (χ3n) is 5.05. The van der Waals surface area contributed by atoms with Gasteiger partial charge in [0.15, 0.2) is 11.6 Å². The van der Waals surface area contributed by atoms with Crippen LogP contribution in [-0.4, -0.2) is 47.8 Å². The molecule has 3 heterocycles. The van der Waals surface area contributed by atoms with Crippen molar-refractivity contribution < 1.29 is 14.3 Å². The van der Waals surface area contributed by atoms with Crippen LogP contribution in [0.3, 0.4) is 0 Å². The number of carbonyl (C=O) groups is 1. The van der Waals surface area contributed by atoms with E-state index in [4.69, 9.17) is 9.47 Å². The van der Waals surface area contributed by atoms with E-state index in [-0.39, 0.29) is 5.78 Å². The van der Waals surface area contributed by atoms with Crippen LogP contribution in [0.2, 0.25) is 0 Å². The molecule has 142 valence electrons. The van der Waals surface area contributed by atoms with Crippen LogP contribution >= 0.6 is 0 Å². The number of hydrogen-bond acceptors (Lipinski definition) is 7. The van der Waals surface area contributed by atoms with Crippen molar-refractivity contribution in [3.05, 3.63) is 41.7 Å². The summed E-state index contributed by atoms with van der Waals surface area (Å²) in [6.07, 6.45) is 1.68. The van der Waals surface area contributed by atoms with Gasteiger partial charge in [0.25, 0.3) is 0 Å². The molecule has 4 rings (SSSR count). The predicted molar refractivity (Wildman–Crippen MR) is 103 cm³/mol. The molecule has 1 aromatic heterocycles. The van der Waals surface area contributed by atoms with Crippen LogP contribution in [0.4, 0.5) is 17.3 Å². The number of anilines is 3. The Kier molecular flexibility index (Phi) is 4.80. The summed E-state index contributed by atoms with van der Waals surface area (Å²) in [6.45, 7) is 6.49. The molecule has 27 heavy (non-hydrogen) atoms. The topological polar surface area (TPSA) is 76.6 Å². The Morgan fingerprint density at radius 1 is 1.11 bits per heavy atom. The lowest BCUT2D eigenvalue weighted by Crippen LogP contribution is -2.45. The summed E-state index contributed by atoms with van der Waals surface area (Å²) in [5.41, 5.74) is 1.58. The summed E-state index contributed by atoms with van der Waals surface area (Å²) in [4.78, 5) is 22.7. The molecule has 0 unspecified atom stereocenters. The molecule has 1 N–H and O–H groups in total. The van der Waals surface area contributed by atoms with Gasteiger partial charge in [0.2, 0.25) is 0 Å². The highest BCUT2D eigenvalue weighted by Gasteiger charge is 2.40. The van der Waals surface area contributed by atoms with Gasteiger partial charge in [-0.05, 0) is 38.1 Å². The van der Waals surface area contributed by atoms with E-state index in [0.29, 0.717) is 24.6 Å². The number of piperidine rings is 1. The molecule has 7 nitrogen and oxygen atoms in total. The Labute approximate surface area is 158 Å². The van der Waals surface area contributed by atoms with E-state index in [2.05, 4.69) is 20.2 Å². The maximum Gasteiger partial charge on any atom is 0.171 e. The number of Topliss-reactive ketones (excluding diaryl/α,β-unsaturated/α-hetero) is 1. The normalized spacial score (nSPS) is 18.7. The first-order valence-corrected chi connectivity index (χ1v) is 9.30. The van der Waals surface area contributed by atoms with Crippen molar-refractivity contribution in [2.24, 2.45) is 0 Å². The van der Waals surface area contributed by atoms with E-state index in [1.165, 1.54) is 0 Å². The minimum absolute atomic E-state index is 0.0554. The fourth-order valence-electron chi connectivity index (χ4n) is 3.58. The van der Waals surface area contributed by atoms with Crippen LogP contribution < -0.4 is 10.2 Å². The van der Waals surface area contributed by atoms with Crippen LogP contribution in [-0.2, 0) is 9.47 Å². The summed E-state index contributed by atoms with van der Waals surface area (Å²) in [6, 6.07) is 9.34. The van der Waals surface area contributed by atoms with Crippen molar-refractivity contribution in [1.29, 1.82) is 0 Å². The molecule has 2 saturated heterocycles. The number of hydrogen-bond donors (Lipinski definition) is 1. The van der Waals surface area contributed by atoms with Gasteiger partial charge in [-0.2, -0.15) is 0 Å². The minimum atomic E-state index is -0.391. The first-order valence-electron chi connectivity index (χ1n) is 9.30. The molecule has 0 bridgehead atoms. The van der Waals surface area contributed by atoms with E-state index in [1.54, 1.807) is 6.92 Å². The predicted octanol–water partition coefficient (Wildman–Crippen LogP) is 3.07. The average Bonchev–Trinajstić information content (AvgIpc) is 3.10. The van der Waals surface area contributed by atoms with Crippen molar-refractivity contribution in [3.63, 3.8) is 0 Å². The highest BCUT2D eigenvalue weighted by molar-refractivity contribution is 5.94. The van der Waals surface area contributed by atoms with E-state index >= 15 is 0 Å². The molecule has 2 aliphatic heterocycles. The lowest BCUT2D eigenvalue weighted by Gasteiger charge is -2.38. The highest BCUT2D eigenvalue weighted by Crippen LogP contribution is 2.33. The fraction of sp³-hybridized carbons (Fsp3) is 0.450. The summed E-state index contributed by atoms with van der Waals surface area (Å²) in [7, 11) is 0. The third-order valence-corrected chi connectivity index (χ3v) is 5.05. The molecule has 2 aliphatic rings. The van der Waals surface area contributed by atoms with E-state index in [1.807, 2.05) is 37.3 Å². The molecule has 2 fully saturated rings. The van der Waals surface area contributed by atoms with Gasteiger partial charge in [-0.3, -0.25) is 4.79 Å². The number of nitrogens with zero attached hydrogens (tertiary/aromatic N) is 3. The lowest BCUT2D eigenvalue weighted by molar-refractivity contribution is -0.169. The summed E-state index contributed by atoms with van der Waals surface area (Å²) in [5, 5.41) is 3.30. The molecule has 0 amide bonds. The minimum Gasteiger partial charge on any atom is -0.356 e. The second kappa shape index (κ2) is 7.25. The van der Waals surface area contributed by atoms with Gasteiger partial charge in [-0.15, -0.1) is 0 Å². The number of aromatic nitrogens is 2. The number of nitrogens with one attached hydrogen (secondary N) is 1. The van der Waals surface area contributed by atoms with Gasteiger partial charge in [-0.25, -0.2) is 9.97 Å². The Balaban J connectivity index is 1.47. The van der Waals surface area contributed by atoms with E-state index in [0.717, 1.165) is 43.3 Å². The smallest absolute Gasteiger partial charge is 0.171 e. The van der Waals surface area contributed by atoms with Crippen LogP contribution in [0.5, 0.6) is 0 Å². The Hall–Kier alpha value is -2.51. The van der Waals surface area contributed by atoms with E-state index in [9.17, 15) is 4.79 Å². The van der Waals surface area contributed by atoms with Crippen molar-refractivity contribution >= 4 is 23.1 Å². The third kappa shape index (κ3) is 3.94. The Morgan fingerprint density at radius 2 is 1.78 bits per heavy atom. The first kappa shape index (κ1) is 17.9. The van der Waals surface area contributed by atoms with Crippen molar-refractivity contribution in [2.75, 3.05) is 36.5 Å². The zero-order chi connectivity index (χ0) is 18.9. The van der Waals surface area contributed by atoms with Gasteiger partial charge >= 0.3 is 0 Å². The summed E-state index contributed by atoms with van der Waals surface area (Å²) < 4.78 is 11.6. The Bertz CT molecular complexity index is 822. The zero-order valence-corrected chi connectivity index (χ0v) is 15.7. The van der Waals surface area contributed by atoms with Gasteiger partial charge < -0.3 is 19.7 Å². The molecular formula is C20H24N4O3. The molecule has 0 aliphatic carbocycles. The maximum absolute atomic E-state index is 11.4. The monoisotopic (exact) mass is 368 g/mol. The molecule has 0 radical (unpaired) electrons. The van der Waals surface area contributed by atoms with Crippen molar-refractivity contribution in [1.82, 2.24) is 9.97 Å². The second-order valence-electron chi connectivity index (χ2n) is 7.01. The lowest BCUT2D eigenvalue weighted by atomic mass is 10.0. The average molecular weight is 368 g/mol. The molecule has 0 saturated carbocycles. The summed E-state index contributed by atoms with van der Waals surface area (Å²) in [5.74, 6) is 2.02. The number of benzene rings is 1. The molecule has 1 aromatic carbocycles. The molecule has 7 heteroatoms. The number of ketones is 1. The number of carbonyl (C=O) groups excluding carboxylic acids is 1. The number of ether oxygens (including phenoxy) is 2. The van der Waals surface area contributed by atoms with Gasteiger partial charge in [0.1, 0.15) is 17.5 Å². The molecule has 0 atom stereocenters. The van der Waals surface area contributed by atoms with Crippen LogP contribution in [0, 0.1) is 6.92 Å². The fourth-order valence-corrected chi connectivity index (χ4v) is 3.58. The highest BCUT2D eigenvalue weighted by atomic mass is 16.7. The van der Waals surface area contributed by atoms with Crippen molar-refractivity contribution in [3.8, 4) is 0 Å². The second-order valence-corrected chi connectivity index (χ2v) is 7.01. The molecular weight excluding hydrogens is 344 g/mol. The molecule has 2 aromatic rings. The number of rotatable bonds is 4. The SMILES string of the molecule is CC(=O)c1ccc(Nc2cc(N3CCC4(CC3)OCCO4)nc(C)n2)cc1. The standard InChI is InChI=1S/C20H24N4O3/c1-14(25)16-3-5-17(6-4-16)23-18-13-19(22-15(2)21-18)24-9-7-20(8-10-24)26-11-12-27-20/h3-6,13H,7-12H2,1-2H3,(H,21,22,23). The van der Waals surface area contributed by atoms with Gasteiger partial charge in [0.05, 0.1) is 13.2 Å². The molecule has 1 spiro atoms. The Morgan fingerprint density at radius 3 is 2.41 bits per heavy atom. The van der Waals surface area contributed by atoms with Gasteiger partial charge in [-0.1, -0.05) is 0 Å². The van der Waals surface area contributed by atoms with Gasteiger partial charge in [0, 0.05) is 43.2 Å². The first-order chi connectivity index (χ1) is 13.0. The van der Waals surface area contributed by atoms with Crippen molar-refractivity contribution in [2.45, 2.75) is 32.5 Å². The van der Waals surface area contributed by atoms with Crippen LogP contribution in [0.15, 0.2) is 30.3 Å². The van der Waals surface area contributed by atoms with E-state index < -0.39 is 5.79 Å². The zero-order valence-electron chi connectivity index (χ0n) is 15.7. The van der Waals surface area contributed by atoms with Crippen LogP contribution in [0.1, 0.15) is 35.9 Å². The maximum atomic E-state index is 11.4. The summed E-state index contributed by atoms with van der Waals surface area (Å²) >= 11 is 0. The largest absolute Gasteiger partial charge is 0.356 e. The number of aryl methyl sites for hydroxylation is 1. The quantitative estimate of drug-likeness (QED) is 0.831.